The second-order valence-electron chi connectivity index (χ2n) is 8.06. The third-order valence-electron chi connectivity index (χ3n) is 5.00. The summed E-state index contributed by atoms with van der Waals surface area (Å²) in [6, 6.07) is 0. The van der Waals surface area contributed by atoms with Gasteiger partial charge in [0, 0.05) is 6.61 Å². The highest BCUT2D eigenvalue weighted by Crippen LogP contribution is 2.20. The number of alkyl halides is 2. The molecule has 0 aromatic heterocycles. The van der Waals surface area contributed by atoms with Crippen LogP contribution < -0.4 is 0 Å². The maximum absolute atomic E-state index is 5.95. The van der Waals surface area contributed by atoms with Crippen LogP contribution in [0.1, 0.15) is 110 Å². The van der Waals surface area contributed by atoms with Crippen molar-refractivity contribution in [1.82, 2.24) is 0 Å². The molecule has 0 amide bonds. The van der Waals surface area contributed by atoms with Crippen molar-refractivity contribution in [1.29, 1.82) is 0 Å². The highest BCUT2D eigenvalue weighted by atomic mass is 35.5. The fourth-order valence-electron chi connectivity index (χ4n) is 3.05. The van der Waals surface area contributed by atoms with Crippen molar-refractivity contribution in [3.63, 3.8) is 0 Å². The van der Waals surface area contributed by atoms with Gasteiger partial charge < -0.3 is 4.43 Å². The first kappa shape index (κ1) is 25.8. The Morgan fingerprint density at radius 3 is 1.24 bits per heavy atom. The summed E-state index contributed by atoms with van der Waals surface area (Å²) in [7, 11) is -1.86. The Labute approximate surface area is 169 Å². The van der Waals surface area contributed by atoms with Crippen molar-refractivity contribution in [2.75, 3.05) is 6.61 Å². The van der Waals surface area contributed by atoms with Crippen LogP contribution in [-0.2, 0) is 4.43 Å². The predicted octanol–water partition coefficient (Wildman–Crippen LogP) is 8.81. The number of rotatable bonds is 19. The lowest BCUT2D eigenvalue weighted by Crippen LogP contribution is -2.38. The van der Waals surface area contributed by atoms with Gasteiger partial charge in [0.05, 0.1) is 0 Å². The Morgan fingerprint density at radius 2 is 0.920 bits per heavy atom. The van der Waals surface area contributed by atoms with Gasteiger partial charge >= 0.3 is 0 Å². The Balaban J connectivity index is 3.12. The predicted molar refractivity (Wildman–Crippen MR) is 118 cm³/mol. The van der Waals surface area contributed by atoms with Crippen LogP contribution in [0.5, 0.6) is 0 Å². The van der Waals surface area contributed by atoms with Crippen molar-refractivity contribution in [3.05, 3.63) is 0 Å². The number of unbranched alkanes of at least 4 members (excludes halogenated alkanes) is 15. The lowest BCUT2D eigenvalue weighted by Gasteiger charge is -2.23. The number of hydrogen-bond acceptors (Lipinski definition) is 1. The summed E-state index contributed by atoms with van der Waals surface area (Å²) < 4.78 is 5.56. The molecule has 0 aromatic rings. The van der Waals surface area contributed by atoms with Crippen molar-refractivity contribution >= 4 is 31.5 Å². The first-order valence-electron chi connectivity index (χ1n) is 10.9. The Kier molecular flexibility index (Phi) is 18.7. The van der Waals surface area contributed by atoms with Gasteiger partial charge in [0.25, 0.3) is 0 Å². The molecule has 0 saturated carbocycles. The van der Waals surface area contributed by atoms with Gasteiger partial charge in [-0.1, -0.05) is 103 Å². The summed E-state index contributed by atoms with van der Waals surface area (Å²) >= 11 is 11.9. The van der Waals surface area contributed by atoms with Crippen LogP contribution in [0.4, 0.5) is 0 Å². The van der Waals surface area contributed by atoms with Gasteiger partial charge in [0.1, 0.15) is 4.46 Å². The molecule has 0 spiro atoms. The van der Waals surface area contributed by atoms with E-state index in [2.05, 4.69) is 20.0 Å². The van der Waals surface area contributed by atoms with Gasteiger partial charge in [0.15, 0.2) is 0 Å². The van der Waals surface area contributed by atoms with Gasteiger partial charge in [-0.15, -0.1) is 23.2 Å². The molecule has 4 heteroatoms. The monoisotopic (exact) mass is 410 g/mol. The molecule has 0 fully saturated rings. The normalized spacial score (nSPS) is 12.2. The lowest BCUT2D eigenvalue weighted by molar-refractivity contribution is 0.296. The molecule has 25 heavy (non-hydrogen) atoms. The van der Waals surface area contributed by atoms with Crippen LogP contribution in [-0.4, -0.2) is 19.4 Å². The topological polar surface area (TPSA) is 9.23 Å². The standard InChI is InChI=1S/C21H44Cl2OSi/c1-4-5-6-7-8-9-10-11-12-13-14-15-16-17-18-19-20-24-25(2,3)21(22)23/h21H,4-20H2,1-3H3. The van der Waals surface area contributed by atoms with E-state index in [4.69, 9.17) is 27.6 Å². The Hall–Kier alpha value is 0.757. The van der Waals surface area contributed by atoms with Crippen LogP contribution >= 0.6 is 23.2 Å². The molecule has 0 aliphatic rings. The van der Waals surface area contributed by atoms with Crippen LogP contribution in [0.25, 0.3) is 0 Å². The summed E-state index contributed by atoms with van der Waals surface area (Å²) in [5, 5.41) is 0. The van der Waals surface area contributed by atoms with Crippen molar-refractivity contribution in [2.45, 2.75) is 127 Å². The Bertz CT molecular complexity index is 273. The lowest BCUT2D eigenvalue weighted by atomic mass is 10.0. The summed E-state index contributed by atoms with van der Waals surface area (Å²) in [4.78, 5) is 0. The second kappa shape index (κ2) is 18.1. The minimum atomic E-state index is -1.86. The van der Waals surface area contributed by atoms with Crippen molar-refractivity contribution < 1.29 is 4.43 Å². The zero-order valence-corrected chi connectivity index (χ0v) is 19.8. The van der Waals surface area contributed by atoms with Gasteiger partial charge in [-0.25, -0.2) is 0 Å². The van der Waals surface area contributed by atoms with Gasteiger partial charge in [-0.3, -0.25) is 0 Å². The minimum Gasteiger partial charge on any atom is -0.415 e. The molecular weight excluding hydrogens is 367 g/mol. The third kappa shape index (κ3) is 17.9. The summed E-state index contributed by atoms with van der Waals surface area (Å²) in [6.07, 6.45) is 22.4. The molecule has 0 saturated heterocycles. The van der Waals surface area contributed by atoms with Gasteiger partial charge in [0.2, 0.25) is 8.32 Å². The van der Waals surface area contributed by atoms with E-state index in [9.17, 15) is 0 Å². The molecule has 0 N–H and O–H groups in total. The molecule has 0 aromatic carbocycles. The van der Waals surface area contributed by atoms with E-state index in [1.807, 2.05) is 0 Å². The van der Waals surface area contributed by atoms with Crippen LogP contribution in [0.15, 0.2) is 0 Å². The molecule has 0 unspecified atom stereocenters. The largest absolute Gasteiger partial charge is 0.415 e. The third-order valence-corrected chi connectivity index (χ3v) is 10.1. The van der Waals surface area contributed by atoms with E-state index in [1.165, 1.54) is 96.3 Å². The first-order chi connectivity index (χ1) is 12.0. The van der Waals surface area contributed by atoms with Crippen LogP contribution in [0.3, 0.4) is 0 Å². The second-order valence-corrected chi connectivity index (χ2v) is 14.0. The molecular formula is C21H44Cl2OSi. The molecule has 152 valence electrons. The van der Waals surface area contributed by atoms with E-state index in [0.29, 0.717) is 0 Å². The summed E-state index contributed by atoms with van der Waals surface area (Å²) in [5.41, 5.74) is 0. The highest BCUT2D eigenvalue weighted by molar-refractivity contribution is 6.87. The molecule has 0 rings (SSSR count). The molecule has 0 atom stereocenters. The SMILES string of the molecule is CCCCCCCCCCCCCCCCCCO[Si](C)(C)C(Cl)Cl. The van der Waals surface area contributed by atoms with Gasteiger partial charge in [-0.2, -0.15) is 0 Å². The molecule has 0 heterocycles. The molecule has 0 bridgehead atoms. The minimum absolute atomic E-state index is 0.325. The molecule has 0 radical (unpaired) electrons. The summed E-state index contributed by atoms with van der Waals surface area (Å²) in [6.45, 7) is 7.29. The van der Waals surface area contributed by atoms with Crippen molar-refractivity contribution in [2.24, 2.45) is 0 Å². The highest BCUT2D eigenvalue weighted by Gasteiger charge is 2.30. The van der Waals surface area contributed by atoms with Crippen LogP contribution in [0, 0.1) is 0 Å². The van der Waals surface area contributed by atoms with E-state index in [0.717, 1.165) is 13.0 Å². The van der Waals surface area contributed by atoms with E-state index in [1.54, 1.807) is 0 Å². The quantitative estimate of drug-likeness (QED) is 0.117. The first-order valence-corrected chi connectivity index (χ1v) is 14.8. The maximum Gasteiger partial charge on any atom is 0.220 e. The fourth-order valence-corrected chi connectivity index (χ4v) is 4.22. The zero-order chi connectivity index (χ0) is 18.8. The van der Waals surface area contributed by atoms with Gasteiger partial charge in [-0.05, 0) is 19.5 Å². The maximum atomic E-state index is 5.95. The Morgan fingerprint density at radius 1 is 0.600 bits per heavy atom. The molecule has 0 aliphatic heterocycles. The van der Waals surface area contributed by atoms with Crippen LogP contribution in [0.2, 0.25) is 13.1 Å². The fraction of sp³-hybridized carbons (Fsp3) is 1.00. The summed E-state index contributed by atoms with van der Waals surface area (Å²) in [5.74, 6) is 0. The van der Waals surface area contributed by atoms with Crippen molar-refractivity contribution in [3.8, 4) is 0 Å². The smallest absolute Gasteiger partial charge is 0.220 e. The average Bonchev–Trinajstić information content (AvgIpc) is 2.57. The van der Waals surface area contributed by atoms with E-state index < -0.39 is 8.32 Å². The molecule has 0 aliphatic carbocycles. The number of hydrogen-bond donors (Lipinski definition) is 0. The van der Waals surface area contributed by atoms with E-state index in [-0.39, 0.29) is 4.46 Å². The zero-order valence-electron chi connectivity index (χ0n) is 17.3. The average molecular weight is 412 g/mol. The van der Waals surface area contributed by atoms with E-state index >= 15 is 0 Å². The number of halogens is 2. The molecule has 1 nitrogen and oxygen atoms in total.